The van der Waals surface area contributed by atoms with E-state index in [0.29, 0.717) is 19.5 Å². The van der Waals surface area contributed by atoms with Crippen LogP contribution >= 0.6 is 0 Å². The van der Waals surface area contributed by atoms with Crippen molar-refractivity contribution in [3.63, 3.8) is 0 Å². The Morgan fingerprint density at radius 3 is 2.33 bits per heavy atom. The van der Waals surface area contributed by atoms with Gasteiger partial charge in [-0.25, -0.2) is 0 Å². The maximum absolute atomic E-state index is 12.3. The fourth-order valence-corrected chi connectivity index (χ4v) is 5.83. The van der Waals surface area contributed by atoms with Crippen molar-refractivity contribution in [2.75, 3.05) is 26.2 Å². The molecule has 2 amide bonds. The first-order valence-electron chi connectivity index (χ1n) is 15.3. The summed E-state index contributed by atoms with van der Waals surface area (Å²) in [6.07, 6.45) is 4.28. The molecule has 230 valence electrons. The average Bonchev–Trinajstić information content (AvgIpc) is 3.46. The Balaban J connectivity index is 1.36. The van der Waals surface area contributed by atoms with Crippen LogP contribution < -0.4 is 10.6 Å². The van der Waals surface area contributed by atoms with Gasteiger partial charge >= 0.3 is 0 Å². The number of amides is 2. The SMILES string of the molecule is CC(=O)NCCCCCC(=O)NCc1ccc(C2OC(CN3CCCC3CO)C(C)C(c3ccc(CO)cc3)O2)cc1. The van der Waals surface area contributed by atoms with Gasteiger partial charge < -0.3 is 30.3 Å². The minimum Gasteiger partial charge on any atom is -0.395 e. The molecule has 0 bridgehead atoms. The van der Waals surface area contributed by atoms with Crippen molar-refractivity contribution < 1.29 is 29.3 Å². The van der Waals surface area contributed by atoms with Crippen LogP contribution in [0.3, 0.4) is 0 Å². The van der Waals surface area contributed by atoms with Gasteiger partial charge in [-0.1, -0.05) is 61.9 Å². The predicted molar refractivity (Wildman–Crippen MR) is 160 cm³/mol. The summed E-state index contributed by atoms with van der Waals surface area (Å²) < 4.78 is 13.2. The molecule has 2 heterocycles. The van der Waals surface area contributed by atoms with Gasteiger partial charge in [-0.3, -0.25) is 14.5 Å². The van der Waals surface area contributed by atoms with E-state index in [-0.39, 0.29) is 49.2 Å². The fourth-order valence-electron chi connectivity index (χ4n) is 5.83. The van der Waals surface area contributed by atoms with Crippen LogP contribution in [0.25, 0.3) is 0 Å². The van der Waals surface area contributed by atoms with E-state index in [2.05, 4.69) is 22.5 Å². The molecule has 0 spiro atoms. The lowest BCUT2D eigenvalue weighted by Crippen LogP contribution is -2.46. The van der Waals surface area contributed by atoms with E-state index in [1.54, 1.807) is 0 Å². The van der Waals surface area contributed by atoms with Crippen LogP contribution in [-0.2, 0) is 32.2 Å². The summed E-state index contributed by atoms with van der Waals surface area (Å²) in [4.78, 5) is 25.5. The highest BCUT2D eigenvalue weighted by molar-refractivity contribution is 5.75. The number of aliphatic hydroxyl groups excluding tert-OH is 2. The molecule has 2 aliphatic rings. The molecule has 0 radical (unpaired) electrons. The summed E-state index contributed by atoms with van der Waals surface area (Å²) in [5, 5.41) is 25.1. The first-order chi connectivity index (χ1) is 20.4. The number of likely N-dealkylation sites (tertiary alicyclic amines) is 1. The van der Waals surface area contributed by atoms with Crippen molar-refractivity contribution in [3.8, 4) is 0 Å². The third kappa shape index (κ3) is 9.09. The Morgan fingerprint density at radius 1 is 0.929 bits per heavy atom. The smallest absolute Gasteiger partial charge is 0.220 e. The topological polar surface area (TPSA) is 120 Å². The molecule has 0 aliphatic carbocycles. The zero-order valence-electron chi connectivity index (χ0n) is 25.0. The number of carbonyl (C=O) groups is 2. The molecule has 0 aromatic heterocycles. The number of rotatable bonds is 14. The lowest BCUT2D eigenvalue weighted by Gasteiger charge is -2.43. The highest BCUT2D eigenvalue weighted by Gasteiger charge is 2.40. The second kappa shape index (κ2) is 16.1. The molecule has 0 saturated carbocycles. The molecule has 2 aliphatic heterocycles. The lowest BCUT2D eigenvalue weighted by molar-refractivity contribution is -0.276. The second-order valence-corrected chi connectivity index (χ2v) is 11.6. The largest absolute Gasteiger partial charge is 0.395 e. The van der Waals surface area contributed by atoms with Crippen LogP contribution in [0.4, 0.5) is 0 Å². The van der Waals surface area contributed by atoms with Crippen molar-refractivity contribution in [2.45, 2.75) is 90.1 Å². The van der Waals surface area contributed by atoms with Crippen molar-refractivity contribution in [1.29, 1.82) is 0 Å². The van der Waals surface area contributed by atoms with Gasteiger partial charge in [-0.15, -0.1) is 0 Å². The Hall–Kier alpha value is -2.82. The molecule has 5 unspecified atom stereocenters. The predicted octanol–water partition coefficient (Wildman–Crippen LogP) is 3.74. The fraction of sp³-hybridized carbons (Fsp3) is 0.576. The maximum atomic E-state index is 12.3. The van der Waals surface area contributed by atoms with E-state index >= 15 is 0 Å². The van der Waals surface area contributed by atoms with Gasteiger partial charge in [0.25, 0.3) is 0 Å². The van der Waals surface area contributed by atoms with Gasteiger partial charge in [-0.05, 0) is 48.9 Å². The van der Waals surface area contributed by atoms with E-state index in [1.165, 1.54) is 6.92 Å². The molecule has 9 nitrogen and oxygen atoms in total. The van der Waals surface area contributed by atoms with E-state index in [0.717, 1.165) is 67.4 Å². The molecule has 42 heavy (non-hydrogen) atoms. The van der Waals surface area contributed by atoms with Crippen LogP contribution in [0, 0.1) is 5.92 Å². The standard InChI is InChI=1S/C33H47N3O6/c1-23-30(20-36-18-6-7-29(36)22-38)41-33(42-32(23)27-13-11-26(21-37)12-14-27)28-15-9-25(10-16-28)19-35-31(40)8-4-3-5-17-34-24(2)39/h9-16,23,29-30,32-33,37-38H,3-8,17-22H2,1-2H3,(H,34,39)(H,35,40). The van der Waals surface area contributed by atoms with Gasteiger partial charge in [0.15, 0.2) is 6.29 Å². The normalized spacial score (nSPS) is 24.4. The molecule has 2 aromatic rings. The van der Waals surface area contributed by atoms with E-state index < -0.39 is 6.29 Å². The summed E-state index contributed by atoms with van der Waals surface area (Å²) >= 11 is 0. The zero-order valence-corrected chi connectivity index (χ0v) is 25.0. The first kappa shape index (κ1) is 32.1. The van der Waals surface area contributed by atoms with E-state index in [1.807, 2.05) is 48.5 Å². The number of ether oxygens (including phenoxy) is 2. The molecular weight excluding hydrogens is 534 g/mol. The Kier molecular flexibility index (Phi) is 12.3. The second-order valence-electron chi connectivity index (χ2n) is 11.6. The van der Waals surface area contributed by atoms with Crippen LogP contribution in [0.1, 0.15) is 87.0 Å². The maximum Gasteiger partial charge on any atom is 0.220 e. The quantitative estimate of drug-likeness (QED) is 0.251. The number of hydrogen-bond donors (Lipinski definition) is 4. The summed E-state index contributed by atoms with van der Waals surface area (Å²) in [5.41, 5.74) is 3.82. The Labute approximate surface area is 249 Å². The van der Waals surface area contributed by atoms with Crippen LogP contribution in [0.5, 0.6) is 0 Å². The highest BCUT2D eigenvalue weighted by Crippen LogP contribution is 2.42. The Morgan fingerprint density at radius 2 is 1.64 bits per heavy atom. The minimum atomic E-state index is -0.551. The summed E-state index contributed by atoms with van der Waals surface area (Å²) in [7, 11) is 0. The minimum absolute atomic E-state index is 0.0000358. The van der Waals surface area contributed by atoms with Gasteiger partial charge in [0.1, 0.15) is 0 Å². The van der Waals surface area contributed by atoms with Gasteiger partial charge in [-0.2, -0.15) is 0 Å². The number of carbonyl (C=O) groups excluding carboxylic acids is 2. The van der Waals surface area contributed by atoms with E-state index in [9.17, 15) is 19.8 Å². The highest BCUT2D eigenvalue weighted by atomic mass is 16.7. The van der Waals surface area contributed by atoms with Gasteiger partial charge in [0, 0.05) is 50.5 Å². The van der Waals surface area contributed by atoms with Crippen LogP contribution in [-0.4, -0.2) is 65.3 Å². The van der Waals surface area contributed by atoms with E-state index in [4.69, 9.17) is 9.47 Å². The first-order valence-corrected chi connectivity index (χ1v) is 15.3. The number of nitrogens with one attached hydrogen (secondary N) is 2. The van der Waals surface area contributed by atoms with Crippen molar-refractivity contribution in [1.82, 2.24) is 15.5 Å². The third-order valence-electron chi connectivity index (χ3n) is 8.44. The van der Waals surface area contributed by atoms with Crippen molar-refractivity contribution in [2.24, 2.45) is 5.92 Å². The molecule has 2 aromatic carbocycles. The summed E-state index contributed by atoms with van der Waals surface area (Å²) in [5.74, 6) is 0.0787. The third-order valence-corrected chi connectivity index (χ3v) is 8.44. The summed E-state index contributed by atoms with van der Waals surface area (Å²) in [6, 6.07) is 16.1. The number of benzene rings is 2. The molecule has 2 saturated heterocycles. The molecule has 4 N–H and O–H groups in total. The van der Waals surface area contributed by atoms with Gasteiger partial charge in [0.05, 0.1) is 25.4 Å². The lowest BCUT2D eigenvalue weighted by atomic mass is 9.90. The molecule has 9 heteroatoms. The Bertz CT molecular complexity index is 1130. The zero-order chi connectivity index (χ0) is 29.9. The molecule has 5 atom stereocenters. The number of hydrogen-bond acceptors (Lipinski definition) is 7. The average molecular weight is 582 g/mol. The monoisotopic (exact) mass is 581 g/mol. The number of aliphatic hydroxyl groups is 2. The molecular formula is C33H47N3O6. The van der Waals surface area contributed by atoms with Gasteiger partial charge in [0.2, 0.25) is 11.8 Å². The molecule has 4 rings (SSSR count). The van der Waals surface area contributed by atoms with Crippen molar-refractivity contribution in [3.05, 3.63) is 70.8 Å². The van der Waals surface area contributed by atoms with Crippen LogP contribution in [0.15, 0.2) is 48.5 Å². The van der Waals surface area contributed by atoms with Crippen molar-refractivity contribution >= 4 is 11.8 Å². The number of unbranched alkanes of at least 4 members (excludes halogenated alkanes) is 2. The summed E-state index contributed by atoms with van der Waals surface area (Å²) in [6.45, 7) is 6.61. The van der Waals surface area contributed by atoms with Crippen LogP contribution in [0.2, 0.25) is 0 Å². The number of nitrogens with zero attached hydrogens (tertiary/aromatic N) is 1. The molecule has 2 fully saturated rings.